The van der Waals surface area contributed by atoms with Crippen molar-refractivity contribution in [2.75, 3.05) is 19.8 Å². The zero-order chi connectivity index (χ0) is 17.9. The summed E-state index contributed by atoms with van der Waals surface area (Å²) in [7, 11) is 0. The number of ether oxygens (including phenoxy) is 2. The normalized spacial score (nSPS) is 25.7. The lowest BCUT2D eigenvalue weighted by atomic mass is 9.91. The highest BCUT2D eigenvalue weighted by atomic mass is 16.5. The van der Waals surface area contributed by atoms with Crippen LogP contribution in [0.5, 0.6) is 0 Å². The van der Waals surface area contributed by atoms with Gasteiger partial charge in [0.05, 0.1) is 12.5 Å². The minimum Gasteiger partial charge on any atom is -0.481 e. The zero-order valence-electron chi connectivity index (χ0n) is 14.5. The van der Waals surface area contributed by atoms with Crippen LogP contribution in [0.3, 0.4) is 0 Å². The molecule has 2 unspecified atom stereocenters. The molecule has 2 fully saturated rings. The molecule has 136 valence electrons. The first kappa shape index (κ1) is 17.9. The SMILES string of the molecule is CC1C(C(=O)O)CCN1C(=O)C1(OCc2ccccc2)CCOCC1. The molecule has 0 saturated carbocycles. The summed E-state index contributed by atoms with van der Waals surface area (Å²) in [6, 6.07) is 9.45. The summed E-state index contributed by atoms with van der Waals surface area (Å²) in [5.41, 5.74) is 0.0921. The lowest BCUT2D eigenvalue weighted by Gasteiger charge is -2.39. The molecule has 0 radical (unpaired) electrons. The first-order chi connectivity index (χ1) is 12.0. The molecule has 1 aromatic carbocycles. The summed E-state index contributed by atoms with van der Waals surface area (Å²) in [4.78, 5) is 26.3. The van der Waals surface area contributed by atoms with Crippen molar-refractivity contribution < 1.29 is 24.2 Å². The van der Waals surface area contributed by atoms with Crippen LogP contribution in [-0.4, -0.2) is 53.3 Å². The highest BCUT2D eigenvalue weighted by molar-refractivity contribution is 5.87. The van der Waals surface area contributed by atoms with E-state index in [1.54, 1.807) is 4.90 Å². The molecule has 0 aromatic heterocycles. The minimum absolute atomic E-state index is 0.0945. The van der Waals surface area contributed by atoms with Crippen LogP contribution < -0.4 is 0 Å². The van der Waals surface area contributed by atoms with Gasteiger partial charge in [-0.3, -0.25) is 9.59 Å². The molecule has 1 N–H and O–H groups in total. The summed E-state index contributed by atoms with van der Waals surface area (Å²) >= 11 is 0. The number of rotatable bonds is 5. The highest BCUT2D eigenvalue weighted by Gasteiger charge is 2.48. The second-order valence-electron chi connectivity index (χ2n) is 6.85. The van der Waals surface area contributed by atoms with Crippen molar-refractivity contribution in [1.82, 2.24) is 4.90 Å². The molecule has 0 spiro atoms. The predicted octanol–water partition coefficient (Wildman–Crippen LogP) is 2.07. The summed E-state index contributed by atoms with van der Waals surface area (Å²) in [5, 5.41) is 9.32. The Morgan fingerprint density at radius 2 is 1.96 bits per heavy atom. The van der Waals surface area contributed by atoms with Crippen molar-refractivity contribution in [3.05, 3.63) is 35.9 Å². The molecule has 2 heterocycles. The van der Waals surface area contributed by atoms with Crippen molar-refractivity contribution in [2.45, 2.75) is 44.4 Å². The van der Waals surface area contributed by atoms with Crippen LogP contribution in [0.25, 0.3) is 0 Å². The topological polar surface area (TPSA) is 76.1 Å². The van der Waals surface area contributed by atoms with Crippen molar-refractivity contribution >= 4 is 11.9 Å². The Morgan fingerprint density at radius 1 is 1.28 bits per heavy atom. The third-order valence-electron chi connectivity index (χ3n) is 5.38. The average Bonchev–Trinajstić information content (AvgIpc) is 3.02. The number of carboxylic acids is 1. The molecular weight excluding hydrogens is 322 g/mol. The van der Waals surface area contributed by atoms with Gasteiger partial charge in [-0.05, 0) is 18.9 Å². The lowest BCUT2D eigenvalue weighted by Crippen LogP contribution is -2.55. The van der Waals surface area contributed by atoms with Crippen molar-refractivity contribution in [2.24, 2.45) is 5.92 Å². The smallest absolute Gasteiger partial charge is 0.308 e. The van der Waals surface area contributed by atoms with E-state index in [-0.39, 0.29) is 11.9 Å². The predicted molar refractivity (Wildman–Crippen MR) is 90.9 cm³/mol. The van der Waals surface area contributed by atoms with Gasteiger partial charge in [0.1, 0.15) is 0 Å². The molecule has 2 aliphatic rings. The number of hydrogen-bond acceptors (Lipinski definition) is 4. The fourth-order valence-electron chi connectivity index (χ4n) is 3.74. The zero-order valence-corrected chi connectivity index (χ0v) is 14.5. The molecule has 3 rings (SSSR count). The van der Waals surface area contributed by atoms with Gasteiger partial charge in [-0.2, -0.15) is 0 Å². The molecule has 1 aromatic rings. The second-order valence-corrected chi connectivity index (χ2v) is 6.85. The van der Waals surface area contributed by atoms with Gasteiger partial charge in [0, 0.05) is 38.6 Å². The van der Waals surface area contributed by atoms with Crippen molar-refractivity contribution in [3.63, 3.8) is 0 Å². The van der Waals surface area contributed by atoms with Crippen LogP contribution in [0.2, 0.25) is 0 Å². The van der Waals surface area contributed by atoms with E-state index in [0.717, 1.165) is 5.56 Å². The Balaban J connectivity index is 1.75. The number of hydrogen-bond donors (Lipinski definition) is 1. The average molecular weight is 347 g/mol. The number of benzene rings is 1. The Hall–Kier alpha value is -1.92. The van der Waals surface area contributed by atoms with E-state index in [1.807, 2.05) is 37.3 Å². The highest BCUT2D eigenvalue weighted by Crippen LogP contribution is 2.33. The van der Waals surface area contributed by atoms with Gasteiger partial charge in [-0.1, -0.05) is 30.3 Å². The number of carbonyl (C=O) groups is 2. The van der Waals surface area contributed by atoms with E-state index in [1.165, 1.54) is 0 Å². The van der Waals surface area contributed by atoms with Crippen LogP contribution in [0.4, 0.5) is 0 Å². The number of carbonyl (C=O) groups excluding carboxylic acids is 1. The Bertz CT molecular complexity index is 612. The van der Waals surface area contributed by atoms with Crippen LogP contribution in [-0.2, 0) is 25.7 Å². The fourth-order valence-corrected chi connectivity index (χ4v) is 3.74. The third kappa shape index (κ3) is 3.70. The maximum atomic E-state index is 13.3. The van der Waals surface area contributed by atoms with E-state index in [9.17, 15) is 14.7 Å². The van der Waals surface area contributed by atoms with Crippen LogP contribution in [0, 0.1) is 5.92 Å². The van der Waals surface area contributed by atoms with Gasteiger partial charge in [0.15, 0.2) is 5.60 Å². The molecule has 25 heavy (non-hydrogen) atoms. The fraction of sp³-hybridized carbons (Fsp3) is 0.579. The lowest BCUT2D eigenvalue weighted by molar-refractivity contribution is -0.175. The van der Waals surface area contributed by atoms with E-state index in [0.29, 0.717) is 45.6 Å². The molecule has 6 heteroatoms. The maximum absolute atomic E-state index is 13.3. The Morgan fingerprint density at radius 3 is 2.56 bits per heavy atom. The number of carboxylic acid groups (broad SMARTS) is 1. The van der Waals surface area contributed by atoms with E-state index in [4.69, 9.17) is 9.47 Å². The number of amides is 1. The summed E-state index contributed by atoms with van der Waals surface area (Å²) < 4.78 is 11.6. The summed E-state index contributed by atoms with van der Waals surface area (Å²) in [6.45, 7) is 3.59. The van der Waals surface area contributed by atoms with Gasteiger partial charge in [0.2, 0.25) is 0 Å². The first-order valence-electron chi connectivity index (χ1n) is 8.83. The largest absolute Gasteiger partial charge is 0.481 e. The van der Waals surface area contributed by atoms with Gasteiger partial charge < -0.3 is 19.5 Å². The summed E-state index contributed by atoms with van der Waals surface area (Å²) in [6.07, 6.45) is 1.49. The van der Waals surface area contributed by atoms with Crippen molar-refractivity contribution in [1.29, 1.82) is 0 Å². The number of likely N-dealkylation sites (tertiary alicyclic amines) is 1. The number of aliphatic carboxylic acids is 1. The van der Waals surface area contributed by atoms with Crippen molar-refractivity contribution in [3.8, 4) is 0 Å². The van der Waals surface area contributed by atoms with Gasteiger partial charge >= 0.3 is 5.97 Å². The Kier molecular flexibility index (Phi) is 5.39. The van der Waals surface area contributed by atoms with E-state index >= 15 is 0 Å². The van der Waals surface area contributed by atoms with Crippen LogP contribution >= 0.6 is 0 Å². The molecule has 2 atom stereocenters. The number of nitrogens with zero attached hydrogens (tertiary/aromatic N) is 1. The standard InChI is InChI=1S/C19H25NO5/c1-14-16(17(21)22)7-10-20(14)18(23)19(8-11-24-12-9-19)25-13-15-5-3-2-4-6-15/h2-6,14,16H,7-13H2,1H3,(H,21,22). The molecule has 1 amide bonds. The van der Waals surface area contributed by atoms with Gasteiger partial charge in [0.25, 0.3) is 5.91 Å². The molecule has 6 nitrogen and oxygen atoms in total. The first-order valence-corrected chi connectivity index (χ1v) is 8.83. The third-order valence-corrected chi connectivity index (χ3v) is 5.38. The molecule has 2 saturated heterocycles. The quantitative estimate of drug-likeness (QED) is 0.882. The van der Waals surface area contributed by atoms with Gasteiger partial charge in [-0.15, -0.1) is 0 Å². The second kappa shape index (κ2) is 7.54. The molecule has 0 bridgehead atoms. The van der Waals surface area contributed by atoms with E-state index < -0.39 is 17.5 Å². The maximum Gasteiger partial charge on any atom is 0.308 e. The van der Waals surface area contributed by atoms with Crippen LogP contribution in [0.1, 0.15) is 31.7 Å². The van der Waals surface area contributed by atoms with E-state index in [2.05, 4.69) is 0 Å². The Labute approximate surface area is 147 Å². The molecule has 2 aliphatic heterocycles. The van der Waals surface area contributed by atoms with Gasteiger partial charge in [-0.25, -0.2) is 0 Å². The van der Waals surface area contributed by atoms with Crippen LogP contribution in [0.15, 0.2) is 30.3 Å². The monoisotopic (exact) mass is 347 g/mol. The minimum atomic E-state index is -0.921. The summed E-state index contributed by atoms with van der Waals surface area (Å²) in [5.74, 6) is -1.44. The molecule has 0 aliphatic carbocycles. The molecular formula is C19H25NO5.